The molecule has 104 valence electrons. The van der Waals surface area contributed by atoms with Crippen molar-refractivity contribution in [2.24, 2.45) is 5.92 Å². The molecule has 2 rings (SSSR count). The van der Waals surface area contributed by atoms with Gasteiger partial charge in [0, 0.05) is 5.92 Å². The van der Waals surface area contributed by atoms with E-state index in [1.807, 2.05) is 13.0 Å². The van der Waals surface area contributed by atoms with Crippen molar-refractivity contribution < 1.29 is 4.39 Å². The molecule has 5 heteroatoms. The van der Waals surface area contributed by atoms with E-state index in [0.29, 0.717) is 12.1 Å². The van der Waals surface area contributed by atoms with Gasteiger partial charge >= 0.3 is 0 Å². The first-order valence-electron chi connectivity index (χ1n) is 6.66. The van der Waals surface area contributed by atoms with Crippen molar-refractivity contribution in [1.29, 1.82) is 5.26 Å². The summed E-state index contributed by atoms with van der Waals surface area (Å²) in [7, 11) is 0. The minimum absolute atomic E-state index is 0.242. The van der Waals surface area contributed by atoms with Crippen molar-refractivity contribution in [2.45, 2.75) is 32.7 Å². The molecule has 0 amide bonds. The van der Waals surface area contributed by atoms with E-state index in [0.717, 1.165) is 12.0 Å². The molecule has 4 nitrogen and oxygen atoms in total. The Morgan fingerprint density at radius 2 is 2.25 bits per heavy atom. The third-order valence-corrected chi connectivity index (χ3v) is 3.53. The van der Waals surface area contributed by atoms with Gasteiger partial charge in [0.05, 0.1) is 18.5 Å². The molecular weight excluding hydrogens is 255 g/mol. The number of nitriles is 1. The Morgan fingerprint density at radius 3 is 2.85 bits per heavy atom. The van der Waals surface area contributed by atoms with Gasteiger partial charge in [0.1, 0.15) is 18.5 Å². The molecule has 1 aromatic carbocycles. The first-order chi connectivity index (χ1) is 9.65. The van der Waals surface area contributed by atoms with Gasteiger partial charge in [0.2, 0.25) is 0 Å². The summed E-state index contributed by atoms with van der Waals surface area (Å²) in [5.74, 6) is -0.816. The number of rotatable bonds is 5. The summed E-state index contributed by atoms with van der Waals surface area (Å²) < 4.78 is 15.8. The Kier molecular flexibility index (Phi) is 4.46. The summed E-state index contributed by atoms with van der Waals surface area (Å²) >= 11 is 0. The average molecular weight is 272 g/mol. The topological polar surface area (TPSA) is 54.5 Å². The zero-order valence-corrected chi connectivity index (χ0v) is 11.6. The minimum atomic E-state index is -0.305. The number of aromatic nitrogens is 3. The maximum absolute atomic E-state index is 14.1. The minimum Gasteiger partial charge on any atom is -0.252 e. The second-order valence-electron chi connectivity index (χ2n) is 4.85. The van der Waals surface area contributed by atoms with Gasteiger partial charge in [-0.05, 0) is 30.5 Å². The number of nitrogens with zero attached hydrogens (tertiary/aromatic N) is 4. The Bertz CT molecular complexity index is 601. The van der Waals surface area contributed by atoms with Crippen molar-refractivity contribution in [2.75, 3.05) is 0 Å². The Labute approximate surface area is 117 Å². The van der Waals surface area contributed by atoms with Crippen LogP contribution in [0.2, 0.25) is 0 Å². The monoisotopic (exact) mass is 272 g/mol. The van der Waals surface area contributed by atoms with Gasteiger partial charge in [-0.25, -0.2) is 9.37 Å². The number of halogens is 1. The largest absolute Gasteiger partial charge is 0.252 e. The molecule has 0 N–H and O–H groups in total. The number of aryl methyl sites for hydroxylation is 1. The molecule has 0 radical (unpaired) electrons. The van der Waals surface area contributed by atoms with Crippen molar-refractivity contribution in [3.05, 3.63) is 47.8 Å². The van der Waals surface area contributed by atoms with E-state index in [2.05, 4.69) is 16.2 Å². The van der Waals surface area contributed by atoms with Crippen LogP contribution in [0.3, 0.4) is 0 Å². The van der Waals surface area contributed by atoms with Crippen LogP contribution in [0, 0.1) is 23.1 Å². The molecule has 1 aromatic heterocycles. The van der Waals surface area contributed by atoms with E-state index in [1.165, 1.54) is 12.4 Å². The summed E-state index contributed by atoms with van der Waals surface area (Å²) in [6.07, 6.45) is 3.86. The maximum atomic E-state index is 14.1. The molecule has 20 heavy (non-hydrogen) atoms. The molecule has 0 saturated carbocycles. The number of hydrogen-bond donors (Lipinski definition) is 0. The van der Waals surface area contributed by atoms with E-state index in [9.17, 15) is 9.65 Å². The van der Waals surface area contributed by atoms with Crippen molar-refractivity contribution in [3.8, 4) is 6.07 Å². The molecule has 0 spiro atoms. The Balaban J connectivity index is 2.38. The molecule has 0 fully saturated rings. The van der Waals surface area contributed by atoms with E-state index >= 15 is 0 Å². The first kappa shape index (κ1) is 14.2. The fourth-order valence-corrected chi connectivity index (χ4v) is 2.24. The van der Waals surface area contributed by atoms with Crippen LogP contribution < -0.4 is 0 Å². The third kappa shape index (κ3) is 3.02. The zero-order chi connectivity index (χ0) is 14.5. The summed E-state index contributed by atoms with van der Waals surface area (Å²) in [4.78, 5) is 3.89. The predicted octanol–water partition coefficient (Wildman–Crippen LogP) is 2.92. The number of benzene rings is 1. The summed E-state index contributed by atoms with van der Waals surface area (Å²) in [6, 6.07) is 7.32. The van der Waals surface area contributed by atoms with Gasteiger partial charge in [0.15, 0.2) is 0 Å². The lowest BCUT2D eigenvalue weighted by molar-refractivity contribution is 0.432. The quantitative estimate of drug-likeness (QED) is 0.841. The van der Waals surface area contributed by atoms with Crippen molar-refractivity contribution in [1.82, 2.24) is 14.8 Å². The molecule has 2 unspecified atom stereocenters. The van der Waals surface area contributed by atoms with E-state index < -0.39 is 0 Å². The molecule has 0 saturated heterocycles. The van der Waals surface area contributed by atoms with Gasteiger partial charge in [0.25, 0.3) is 0 Å². The molecule has 0 bridgehead atoms. The van der Waals surface area contributed by atoms with Crippen LogP contribution in [0.15, 0.2) is 30.9 Å². The molecule has 0 aliphatic rings. The molecular formula is C15H17FN4. The fourth-order valence-electron chi connectivity index (χ4n) is 2.24. The number of hydrogen-bond acceptors (Lipinski definition) is 3. The lowest BCUT2D eigenvalue weighted by Gasteiger charge is -2.20. The maximum Gasteiger partial charge on any atom is 0.137 e. The first-order valence-corrected chi connectivity index (χ1v) is 6.66. The highest BCUT2D eigenvalue weighted by Crippen LogP contribution is 2.29. The van der Waals surface area contributed by atoms with Gasteiger partial charge < -0.3 is 0 Å². The van der Waals surface area contributed by atoms with E-state index in [4.69, 9.17) is 0 Å². The molecule has 2 atom stereocenters. The molecule has 1 heterocycles. The smallest absolute Gasteiger partial charge is 0.137 e. The highest BCUT2D eigenvalue weighted by molar-refractivity contribution is 5.29. The zero-order valence-electron chi connectivity index (χ0n) is 11.6. The van der Waals surface area contributed by atoms with Crippen LogP contribution in [0.1, 0.15) is 30.9 Å². The van der Waals surface area contributed by atoms with Crippen LogP contribution in [-0.4, -0.2) is 14.8 Å². The van der Waals surface area contributed by atoms with Crippen molar-refractivity contribution >= 4 is 0 Å². The Hall–Kier alpha value is -2.22. The summed E-state index contributed by atoms with van der Waals surface area (Å²) in [6.45, 7) is 4.27. The van der Waals surface area contributed by atoms with Crippen LogP contribution in [0.5, 0.6) is 0 Å². The summed E-state index contributed by atoms with van der Waals surface area (Å²) in [5, 5.41) is 13.2. The van der Waals surface area contributed by atoms with Gasteiger partial charge in [-0.1, -0.05) is 19.1 Å². The van der Waals surface area contributed by atoms with Crippen LogP contribution in [-0.2, 0) is 13.0 Å². The second kappa shape index (κ2) is 6.29. The molecule has 0 aliphatic heterocycles. The molecule has 2 aromatic rings. The van der Waals surface area contributed by atoms with Crippen LogP contribution in [0.4, 0.5) is 4.39 Å². The van der Waals surface area contributed by atoms with Gasteiger partial charge in [-0.3, -0.25) is 4.68 Å². The highest BCUT2D eigenvalue weighted by atomic mass is 19.1. The van der Waals surface area contributed by atoms with E-state index in [1.54, 1.807) is 24.0 Å². The van der Waals surface area contributed by atoms with Crippen LogP contribution in [0.25, 0.3) is 0 Å². The van der Waals surface area contributed by atoms with E-state index in [-0.39, 0.29) is 17.7 Å². The third-order valence-electron chi connectivity index (χ3n) is 3.53. The Morgan fingerprint density at radius 1 is 1.45 bits per heavy atom. The fraction of sp³-hybridized carbons (Fsp3) is 0.400. The van der Waals surface area contributed by atoms with Crippen molar-refractivity contribution in [3.63, 3.8) is 0 Å². The normalized spacial score (nSPS) is 13.7. The highest BCUT2D eigenvalue weighted by Gasteiger charge is 2.23. The van der Waals surface area contributed by atoms with Gasteiger partial charge in [-0.15, -0.1) is 0 Å². The predicted molar refractivity (Wildman–Crippen MR) is 73.3 cm³/mol. The average Bonchev–Trinajstić information content (AvgIpc) is 2.98. The van der Waals surface area contributed by atoms with Gasteiger partial charge in [-0.2, -0.15) is 10.4 Å². The SMILES string of the molecule is CCc1ccc(F)c(C(Cn2cncn2)C(C)C#N)c1. The van der Waals surface area contributed by atoms with Crippen LogP contribution >= 0.6 is 0 Å². The second-order valence-corrected chi connectivity index (χ2v) is 4.85. The summed E-state index contributed by atoms with van der Waals surface area (Å²) in [5.41, 5.74) is 1.64. The molecule has 0 aliphatic carbocycles. The lowest BCUT2D eigenvalue weighted by atomic mass is 9.86. The standard InChI is InChI=1S/C15H17FN4/c1-3-12-4-5-15(16)13(6-12)14(11(2)7-17)8-20-10-18-9-19-20/h4-6,9-11,14H,3,8H2,1-2H3. The lowest BCUT2D eigenvalue weighted by Crippen LogP contribution is -2.17.